The molecule has 2 amide bonds. The molecule has 0 bridgehead atoms. The number of carbonyl (C=O) groups excluding carboxylic acids is 1. The summed E-state index contributed by atoms with van der Waals surface area (Å²) in [7, 11) is 0. The van der Waals surface area contributed by atoms with Gasteiger partial charge in [-0.15, -0.1) is 0 Å². The Balaban J connectivity index is 1.71. The van der Waals surface area contributed by atoms with Crippen molar-refractivity contribution in [1.29, 1.82) is 0 Å². The number of nitrogens with zero attached hydrogens (tertiary/aromatic N) is 1. The molecule has 0 spiro atoms. The topological polar surface area (TPSA) is 58.4 Å². The molecule has 0 radical (unpaired) electrons. The highest BCUT2D eigenvalue weighted by atomic mass is 16.2. The number of rotatable bonds is 3. The van der Waals surface area contributed by atoms with Crippen molar-refractivity contribution in [3.05, 3.63) is 35.9 Å². The largest absolute Gasteiger partial charge is 0.338 e. The molecule has 1 saturated heterocycles. The molecule has 3 N–H and O–H groups in total. The van der Waals surface area contributed by atoms with Crippen LogP contribution in [0.5, 0.6) is 0 Å². The van der Waals surface area contributed by atoms with Gasteiger partial charge >= 0.3 is 6.03 Å². The van der Waals surface area contributed by atoms with Crippen molar-refractivity contribution in [3.8, 4) is 0 Å². The lowest BCUT2D eigenvalue weighted by Gasteiger charge is -2.30. The van der Waals surface area contributed by atoms with Gasteiger partial charge in [-0.3, -0.25) is 0 Å². The lowest BCUT2D eigenvalue weighted by Crippen LogP contribution is -2.49. The summed E-state index contributed by atoms with van der Waals surface area (Å²) in [5.74, 6) is 0. The zero-order valence-electron chi connectivity index (χ0n) is 10.6. The minimum absolute atomic E-state index is 0.0149. The normalized spacial score (nSPS) is 19.6. The summed E-state index contributed by atoms with van der Waals surface area (Å²) >= 11 is 0. The number of nitrogens with one attached hydrogen (secondary N) is 1. The number of nitrogens with two attached hydrogens (primary N) is 1. The van der Waals surface area contributed by atoms with E-state index in [1.165, 1.54) is 5.56 Å². The van der Waals surface area contributed by atoms with E-state index in [1.807, 2.05) is 23.1 Å². The second kappa shape index (κ2) is 6.40. The summed E-state index contributed by atoms with van der Waals surface area (Å²) in [5.41, 5.74) is 7.10. The second-order valence-corrected chi connectivity index (χ2v) is 4.82. The number of likely N-dealkylation sites (tertiary alicyclic amines) is 1. The second-order valence-electron chi connectivity index (χ2n) is 4.82. The molecule has 1 aliphatic rings. The third-order valence-electron chi connectivity index (χ3n) is 3.28. The lowest BCUT2D eigenvalue weighted by molar-refractivity contribution is 0.180. The van der Waals surface area contributed by atoms with Gasteiger partial charge in [-0.1, -0.05) is 30.3 Å². The van der Waals surface area contributed by atoms with Crippen LogP contribution >= 0.6 is 0 Å². The number of carbonyl (C=O) groups is 1. The first kappa shape index (κ1) is 12.9. The zero-order chi connectivity index (χ0) is 12.8. The van der Waals surface area contributed by atoms with Crippen LogP contribution in [0.2, 0.25) is 0 Å². The zero-order valence-corrected chi connectivity index (χ0v) is 10.6. The van der Waals surface area contributed by atoms with E-state index in [4.69, 9.17) is 5.73 Å². The van der Waals surface area contributed by atoms with E-state index in [1.54, 1.807) is 0 Å². The summed E-state index contributed by atoms with van der Waals surface area (Å²) in [4.78, 5) is 13.7. The molecule has 1 aromatic rings. The number of hydrogen-bond donors (Lipinski definition) is 2. The first-order chi connectivity index (χ1) is 8.75. The van der Waals surface area contributed by atoms with Crippen molar-refractivity contribution in [2.24, 2.45) is 5.73 Å². The maximum absolute atomic E-state index is 11.9. The molecule has 0 unspecified atom stereocenters. The molecular weight excluding hydrogens is 226 g/mol. The molecule has 1 aliphatic heterocycles. The van der Waals surface area contributed by atoms with Crippen LogP contribution in [-0.2, 0) is 6.42 Å². The van der Waals surface area contributed by atoms with E-state index in [0.717, 1.165) is 25.8 Å². The van der Waals surface area contributed by atoms with E-state index in [2.05, 4.69) is 17.4 Å². The van der Waals surface area contributed by atoms with Gasteiger partial charge in [0.1, 0.15) is 0 Å². The van der Waals surface area contributed by atoms with E-state index in [-0.39, 0.29) is 12.1 Å². The van der Waals surface area contributed by atoms with Crippen LogP contribution in [-0.4, -0.2) is 36.6 Å². The molecular formula is C14H21N3O. The van der Waals surface area contributed by atoms with Gasteiger partial charge in [0.15, 0.2) is 0 Å². The summed E-state index contributed by atoms with van der Waals surface area (Å²) < 4.78 is 0. The standard InChI is InChI=1S/C14H21N3O/c15-13-7-4-10-17(11-13)14(18)16-9-8-12-5-2-1-3-6-12/h1-3,5-6,13H,4,7-11,15H2,(H,16,18)/t13-/m1/s1. The number of urea groups is 1. The Morgan fingerprint density at radius 3 is 2.89 bits per heavy atom. The molecule has 1 aromatic carbocycles. The van der Waals surface area contributed by atoms with Gasteiger partial charge < -0.3 is 16.0 Å². The van der Waals surface area contributed by atoms with Crippen molar-refractivity contribution < 1.29 is 4.79 Å². The first-order valence-electron chi connectivity index (χ1n) is 6.58. The van der Waals surface area contributed by atoms with Gasteiger partial charge in [0.2, 0.25) is 0 Å². The van der Waals surface area contributed by atoms with E-state index < -0.39 is 0 Å². The van der Waals surface area contributed by atoms with Crippen molar-refractivity contribution in [2.45, 2.75) is 25.3 Å². The first-order valence-corrected chi connectivity index (χ1v) is 6.58. The van der Waals surface area contributed by atoms with Crippen molar-refractivity contribution >= 4 is 6.03 Å². The fourth-order valence-electron chi connectivity index (χ4n) is 2.26. The molecule has 4 heteroatoms. The molecule has 1 atom stereocenters. The molecule has 2 rings (SSSR count). The molecule has 0 aliphatic carbocycles. The Morgan fingerprint density at radius 2 is 2.17 bits per heavy atom. The minimum atomic E-state index is 0.0149. The van der Waals surface area contributed by atoms with Gasteiger partial charge in [-0.05, 0) is 24.8 Å². The predicted molar refractivity (Wildman–Crippen MR) is 72.3 cm³/mol. The third-order valence-corrected chi connectivity index (χ3v) is 3.28. The van der Waals surface area contributed by atoms with Gasteiger partial charge in [0.05, 0.1) is 0 Å². The van der Waals surface area contributed by atoms with E-state index >= 15 is 0 Å². The number of amides is 2. The van der Waals surface area contributed by atoms with E-state index in [9.17, 15) is 4.79 Å². The Labute approximate surface area is 108 Å². The van der Waals surface area contributed by atoms with Crippen LogP contribution < -0.4 is 11.1 Å². The summed E-state index contributed by atoms with van der Waals surface area (Å²) in [6.45, 7) is 2.18. The van der Waals surface area contributed by atoms with Crippen LogP contribution in [0.3, 0.4) is 0 Å². The van der Waals surface area contributed by atoms with Crippen LogP contribution in [0.4, 0.5) is 4.79 Å². The van der Waals surface area contributed by atoms with E-state index in [0.29, 0.717) is 13.1 Å². The summed E-state index contributed by atoms with van der Waals surface area (Å²) in [6, 6.07) is 10.3. The highest BCUT2D eigenvalue weighted by molar-refractivity contribution is 5.74. The van der Waals surface area contributed by atoms with Crippen molar-refractivity contribution in [1.82, 2.24) is 10.2 Å². The highest BCUT2D eigenvalue weighted by Gasteiger charge is 2.20. The van der Waals surface area contributed by atoms with Gasteiger partial charge in [-0.2, -0.15) is 0 Å². The summed E-state index contributed by atoms with van der Waals surface area (Å²) in [5, 5.41) is 2.95. The summed E-state index contributed by atoms with van der Waals surface area (Å²) in [6.07, 6.45) is 2.90. The maximum atomic E-state index is 11.9. The fourth-order valence-corrected chi connectivity index (χ4v) is 2.26. The monoisotopic (exact) mass is 247 g/mol. The minimum Gasteiger partial charge on any atom is -0.338 e. The Morgan fingerprint density at radius 1 is 1.39 bits per heavy atom. The Bertz CT molecular complexity index is 380. The SMILES string of the molecule is N[C@@H]1CCCN(C(=O)NCCc2ccccc2)C1. The number of hydrogen-bond acceptors (Lipinski definition) is 2. The average Bonchev–Trinajstić information content (AvgIpc) is 2.40. The quantitative estimate of drug-likeness (QED) is 0.847. The van der Waals surface area contributed by atoms with Crippen LogP contribution in [0, 0.1) is 0 Å². The molecule has 4 nitrogen and oxygen atoms in total. The molecule has 18 heavy (non-hydrogen) atoms. The van der Waals surface area contributed by atoms with Gasteiger partial charge in [0, 0.05) is 25.7 Å². The molecule has 0 aromatic heterocycles. The number of piperidine rings is 1. The maximum Gasteiger partial charge on any atom is 0.317 e. The van der Waals surface area contributed by atoms with Gasteiger partial charge in [0.25, 0.3) is 0 Å². The fraction of sp³-hybridized carbons (Fsp3) is 0.500. The Kier molecular flexibility index (Phi) is 4.59. The molecule has 98 valence electrons. The van der Waals surface area contributed by atoms with Crippen LogP contribution in [0.1, 0.15) is 18.4 Å². The lowest BCUT2D eigenvalue weighted by atomic mass is 10.1. The van der Waals surface area contributed by atoms with Crippen LogP contribution in [0.15, 0.2) is 30.3 Å². The van der Waals surface area contributed by atoms with Gasteiger partial charge in [-0.25, -0.2) is 4.79 Å². The number of benzene rings is 1. The van der Waals surface area contributed by atoms with Crippen molar-refractivity contribution in [3.63, 3.8) is 0 Å². The van der Waals surface area contributed by atoms with Crippen molar-refractivity contribution in [2.75, 3.05) is 19.6 Å². The average molecular weight is 247 g/mol. The Hall–Kier alpha value is -1.55. The van der Waals surface area contributed by atoms with Crippen LogP contribution in [0.25, 0.3) is 0 Å². The molecule has 0 saturated carbocycles. The highest BCUT2D eigenvalue weighted by Crippen LogP contribution is 2.08. The molecule has 1 heterocycles. The third kappa shape index (κ3) is 3.74. The smallest absolute Gasteiger partial charge is 0.317 e. The predicted octanol–water partition coefficient (Wildman–Crippen LogP) is 1.36. The molecule has 1 fully saturated rings.